The van der Waals surface area contributed by atoms with Crippen molar-refractivity contribution in [1.29, 1.82) is 0 Å². The predicted molar refractivity (Wildman–Crippen MR) is 106 cm³/mol. The second-order valence-corrected chi connectivity index (χ2v) is 6.93. The van der Waals surface area contributed by atoms with E-state index in [0.29, 0.717) is 17.1 Å². The standard InChI is InChI=1S/C20H19N3O4S/c1-13-6-5-7-15(10-13)26-11-19-22-23-20(27-19)28-12-18(25)21-17-9-4-3-8-16(17)14(2)24/h3-10H,11-12H2,1-2H3,(H,21,25). The van der Waals surface area contributed by atoms with Gasteiger partial charge in [-0.25, -0.2) is 0 Å². The number of benzene rings is 2. The number of amides is 1. The number of carbonyl (C=O) groups excluding carboxylic acids is 2. The van der Waals surface area contributed by atoms with E-state index in [4.69, 9.17) is 9.15 Å². The Morgan fingerprint density at radius 1 is 1.14 bits per heavy atom. The van der Waals surface area contributed by atoms with Crippen LogP contribution < -0.4 is 10.1 Å². The van der Waals surface area contributed by atoms with Crippen LogP contribution in [-0.4, -0.2) is 27.6 Å². The molecule has 1 N–H and O–H groups in total. The maximum Gasteiger partial charge on any atom is 0.277 e. The average molecular weight is 397 g/mol. The third-order valence-electron chi connectivity index (χ3n) is 3.71. The molecule has 1 heterocycles. The smallest absolute Gasteiger partial charge is 0.277 e. The molecule has 28 heavy (non-hydrogen) atoms. The lowest BCUT2D eigenvalue weighted by Crippen LogP contribution is -2.16. The van der Waals surface area contributed by atoms with Gasteiger partial charge < -0.3 is 14.5 Å². The number of nitrogens with zero attached hydrogens (tertiary/aromatic N) is 2. The molecule has 7 nitrogen and oxygen atoms in total. The molecular weight excluding hydrogens is 378 g/mol. The fraction of sp³-hybridized carbons (Fsp3) is 0.200. The first-order valence-electron chi connectivity index (χ1n) is 8.56. The van der Waals surface area contributed by atoms with Gasteiger partial charge in [-0.3, -0.25) is 9.59 Å². The maximum absolute atomic E-state index is 12.2. The Kier molecular flexibility index (Phi) is 6.44. The summed E-state index contributed by atoms with van der Waals surface area (Å²) in [5.74, 6) is 0.738. The summed E-state index contributed by atoms with van der Waals surface area (Å²) in [6, 6.07) is 14.5. The zero-order valence-electron chi connectivity index (χ0n) is 15.5. The van der Waals surface area contributed by atoms with Gasteiger partial charge in [-0.15, -0.1) is 10.2 Å². The van der Waals surface area contributed by atoms with Gasteiger partial charge in [-0.05, 0) is 43.7 Å². The van der Waals surface area contributed by atoms with Crippen LogP contribution in [0.4, 0.5) is 5.69 Å². The van der Waals surface area contributed by atoms with E-state index < -0.39 is 0 Å². The first kappa shape index (κ1) is 19.6. The molecule has 1 aromatic heterocycles. The van der Waals surface area contributed by atoms with Crippen LogP contribution >= 0.6 is 11.8 Å². The summed E-state index contributed by atoms with van der Waals surface area (Å²) in [7, 11) is 0. The monoisotopic (exact) mass is 397 g/mol. The second kappa shape index (κ2) is 9.18. The number of ether oxygens (including phenoxy) is 1. The number of rotatable bonds is 8. The highest BCUT2D eigenvalue weighted by Crippen LogP contribution is 2.20. The molecule has 2 aromatic carbocycles. The predicted octanol–water partition coefficient (Wildman–Crippen LogP) is 3.89. The summed E-state index contributed by atoms with van der Waals surface area (Å²) in [5.41, 5.74) is 2.05. The van der Waals surface area contributed by atoms with E-state index in [1.807, 2.05) is 31.2 Å². The van der Waals surface area contributed by atoms with Crippen molar-refractivity contribution in [2.75, 3.05) is 11.1 Å². The molecule has 0 bridgehead atoms. The molecule has 0 unspecified atom stereocenters. The Bertz CT molecular complexity index is 987. The minimum atomic E-state index is -0.269. The van der Waals surface area contributed by atoms with Crippen molar-refractivity contribution in [3.8, 4) is 5.75 Å². The maximum atomic E-state index is 12.2. The van der Waals surface area contributed by atoms with E-state index >= 15 is 0 Å². The molecule has 0 saturated heterocycles. The van der Waals surface area contributed by atoms with E-state index in [9.17, 15) is 9.59 Å². The molecule has 8 heteroatoms. The fourth-order valence-corrected chi connectivity index (χ4v) is 3.00. The number of Topliss-reactive ketones (excluding diaryl/α,β-unsaturated/α-hetero) is 1. The Hall–Kier alpha value is -3.13. The number of nitrogens with one attached hydrogen (secondary N) is 1. The van der Waals surface area contributed by atoms with Gasteiger partial charge in [-0.1, -0.05) is 36.0 Å². The minimum absolute atomic E-state index is 0.0760. The van der Waals surface area contributed by atoms with Crippen LogP contribution in [0.1, 0.15) is 28.7 Å². The molecule has 0 aliphatic heterocycles. The molecule has 0 atom stereocenters. The third kappa shape index (κ3) is 5.43. The van der Waals surface area contributed by atoms with E-state index in [2.05, 4.69) is 15.5 Å². The second-order valence-electron chi connectivity index (χ2n) is 6.01. The van der Waals surface area contributed by atoms with Crippen molar-refractivity contribution in [2.45, 2.75) is 25.7 Å². The lowest BCUT2D eigenvalue weighted by atomic mass is 10.1. The van der Waals surface area contributed by atoms with Crippen molar-refractivity contribution in [1.82, 2.24) is 10.2 Å². The summed E-state index contributed by atoms with van der Waals surface area (Å²) >= 11 is 1.11. The first-order chi connectivity index (χ1) is 13.5. The molecule has 1 amide bonds. The molecule has 0 saturated carbocycles. The molecule has 0 radical (unpaired) electrons. The summed E-state index contributed by atoms with van der Waals surface area (Å²) in [6.07, 6.45) is 0. The SMILES string of the molecule is CC(=O)c1ccccc1NC(=O)CSc1nnc(COc2cccc(C)c2)o1. The summed E-state index contributed by atoms with van der Waals surface area (Å²) < 4.78 is 11.1. The minimum Gasteiger partial charge on any atom is -0.484 e. The van der Waals surface area contributed by atoms with E-state index in [1.165, 1.54) is 6.92 Å². The van der Waals surface area contributed by atoms with Gasteiger partial charge in [0.1, 0.15) is 5.75 Å². The van der Waals surface area contributed by atoms with Gasteiger partial charge in [0.25, 0.3) is 11.1 Å². The number of anilines is 1. The van der Waals surface area contributed by atoms with Gasteiger partial charge in [0.15, 0.2) is 12.4 Å². The molecule has 3 aromatic rings. The first-order valence-corrected chi connectivity index (χ1v) is 9.54. The Balaban J connectivity index is 1.50. The number of aryl methyl sites for hydroxylation is 1. The Morgan fingerprint density at radius 3 is 2.75 bits per heavy atom. The van der Waals surface area contributed by atoms with E-state index in [-0.39, 0.29) is 29.3 Å². The van der Waals surface area contributed by atoms with Crippen LogP contribution in [0.2, 0.25) is 0 Å². The Labute approximate surface area is 166 Å². The number of hydrogen-bond donors (Lipinski definition) is 1. The van der Waals surface area contributed by atoms with Gasteiger partial charge in [-0.2, -0.15) is 0 Å². The third-order valence-corrected chi connectivity index (χ3v) is 4.53. The van der Waals surface area contributed by atoms with Crippen LogP contribution in [0.15, 0.2) is 58.2 Å². The number of thioether (sulfide) groups is 1. The lowest BCUT2D eigenvalue weighted by Gasteiger charge is -2.08. The van der Waals surface area contributed by atoms with Crippen LogP contribution in [0.3, 0.4) is 0 Å². The highest BCUT2D eigenvalue weighted by Gasteiger charge is 2.13. The van der Waals surface area contributed by atoms with Gasteiger partial charge in [0.2, 0.25) is 5.91 Å². The number of ketones is 1. The van der Waals surface area contributed by atoms with Gasteiger partial charge in [0, 0.05) is 5.56 Å². The largest absolute Gasteiger partial charge is 0.484 e. The molecule has 144 valence electrons. The van der Waals surface area contributed by atoms with Gasteiger partial charge in [0.05, 0.1) is 11.4 Å². The Morgan fingerprint density at radius 2 is 1.96 bits per heavy atom. The van der Waals surface area contributed by atoms with Crippen LogP contribution in [0, 0.1) is 6.92 Å². The number of aromatic nitrogens is 2. The lowest BCUT2D eigenvalue weighted by molar-refractivity contribution is -0.113. The van der Waals surface area contributed by atoms with Crippen molar-refractivity contribution in [3.05, 3.63) is 65.5 Å². The molecule has 0 fully saturated rings. The summed E-state index contributed by atoms with van der Waals surface area (Å²) in [5, 5.41) is 10.8. The average Bonchev–Trinajstić information content (AvgIpc) is 3.13. The molecule has 0 aliphatic rings. The van der Waals surface area contributed by atoms with Crippen LogP contribution in [0.5, 0.6) is 5.75 Å². The number of carbonyl (C=O) groups is 2. The zero-order chi connectivity index (χ0) is 19.9. The van der Waals surface area contributed by atoms with Crippen LogP contribution in [-0.2, 0) is 11.4 Å². The van der Waals surface area contributed by atoms with Crippen molar-refractivity contribution < 1.29 is 18.7 Å². The van der Waals surface area contributed by atoms with Gasteiger partial charge >= 0.3 is 0 Å². The van der Waals surface area contributed by atoms with E-state index in [0.717, 1.165) is 23.1 Å². The number of para-hydroxylation sites is 1. The highest BCUT2D eigenvalue weighted by atomic mass is 32.2. The highest BCUT2D eigenvalue weighted by molar-refractivity contribution is 7.99. The zero-order valence-corrected chi connectivity index (χ0v) is 16.3. The normalized spacial score (nSPS) is 10.5. The fourth-order valence-electron chi connectivity index (χ4n) is 2.42. The molecule has 0 spiro atoms. The molecular formula is C20H19N3O4S. The van der Waals surface area contributed by atoms with E-state index in [1.54, 1.807) is 24.3 Å². The quantitative estimate of drug-likeness (QED) is 0.455. The number of hydrogen-bond acceptors (Lipinski definition) is 7. The summed E-state index contributed by atoms with van der Waals surface area (Å²) in [6.45, 7) is 3.59. The van der Waals surface area contributed by atoms with Crippen molar-refractivity contribution in [3.63, 3.8) is 0 Å². The molecule has 0 aliphatic carbocycles. The molecule has 3 rings (SSSR count). The topological polar surface area (TPSA) is 94.3 Å². The van der Waals surface area contributed by atoms with Crippen molar-refractivity contribution in [2.24, 2.45) is 0 Å². The van der Waals surface area contributed by atoms with Crippen LogP contribution in [0.25, 0.3) is 0 Å². The van der Waals surface area contributed by atoms with Crippen molar-refractivity contribution >= 4 is 29.1 Å². The summed E-state index contributed by atoms with van der Waals surface area (Å²) in [4.78, 5) is 23.8.